The van der Waals surface area contributed by atoms with Gasteiger partial charge in [0.15, 0.2) is 0 Å². The minimum Gasteiger partial charge on any atom is -0.463 e. The van der Waals surface area contributed by atoms with E-state index in [-0.39, 0.29) is 12.4 Å². The van der Waals surface area contributed by atoms with Gasteiger partial charge in [0.1, 0.15) is 5.69 Å². The van der Waals surface area contributed by atoms with Crippen molar-refractivity contribution < 1.29 is 18.7 Å². The molecule has 2 rings (SSSR count). The summed E-state index contributed by atoms with van der Waals surface area (Å²) in [7, 11) is 2.82. The lowest BCUT2D eigenvalue weighted by Gasteiger charge is -1.96. The summed E-state index contributed by atoms with van der Waals surface area (Å²) in [4.78, 5) is 15.8. The van der Waals surface area contributed by atoms with Gasteiger partial charge in [-0.3, -0.25) is 0 Å². The highest BCUT2D eigenvalue weighted by atomic mass is 16.5. The topological polar surface area (TPSA) is 61.6 Å². The molecule has 18 heavy (non-hydrogen) atoms. The van der Waals surface area contributed by atoms with Gasteiger partial charge in [-0.1, -0.05) is 18.2 Å². The van der Waals surface area contributed by atoms with E-state index in [0.717, 1.165) is 5.56 Å². The summed E-state index contributed by atoms with van der Waals surface area (Å²) < 4.78 is 15.1. The number of rotatable bonds is 4. The van der Waals surface area contributed by atoms with E-state index >= 15 is 0 Å². The molecule has 0 amide bonds. The number of hydrogen-bond donors (Lipinski definition) is 0. The molecule has 0 fully saturated rings. The predicted octanol–water partition coefficient (Wildman–Crippen LogP) is 2.27. The van der Waals surface area contributed by atoms with Gasteiger partial charge in [0, 0.05) is 12.7 Å². The third kappa shape index (κ3) is 2.41. The number of hydrogen-bond acceptors (Lipinski definition) is 5. The Hall–Kier alpha value is -2.14. The van der Waals surface area contributed by atoms with Crippen LogP contribution in [0.25, 0.3) is 11.5 Å². The maximum absolute atomic E-state index is 11.5. The van der Waals surface area contributed by atoms with Gasteiger partial charge in [-0.15, -0.1) is 0 Å². The second kappa shape index (κ2) is 5.46. The van der Waals surface area contributed by atoms with E-state index in [2.05, 4.69) is 9.72 Å². The third-order valence-electron chi connectivity index (χ3n) is 2.37. The van der Waals surface area contributed by atoms with Crippen molar-refractivity contribution in [2.24, 2.45) is 0 Å². The Morgan fingerprint density at radius 3 is 2.61 bits per heavy atom. The van der Waals surface area contributed by atoms with E-state index in [9.17, 15) is 4.79 Å². The molecule has 5 heteroatoms. The van der Waals surface area contributed by atoms with Gasteiger partial charge in [0.25, 0.3) is 0 Å². The zero-order valence-electron chi connectivity index (χ0n) is 10.2. The van der Waals surface area contributed by atoms with E-state index in [0.29, 0.717) is 11.6 Å². The Morgan fingerprint density at radius 2 is 2.00 bits per heavy atom. The van der Waals surface area contributed by atoms with Crippen LogP contribution in [0.2, 0.25) is 0 Å². The molecular weight excluding hydrogens is 234 g/mol. The molecular formula is C13H13NO4. The van der Waals surface area contributed by atoms with Crippen LogP contribution < -0.4 is 0 Å². The van der Waals surface area contributed by atoms with Crippen LogP contribution in [0.15, 0.2) is 34.7 Å². The molecule has 1 aromatic heterocycles. The molecule has 0 N–H and O–H groups in total. The molecule has 0 atom stereocenters. The Morgan fingerprint density at radius 1 is 1.28 bits per heavy atom. The Kier molecular flexibility index (Phi) is 3.74. The molecule has 94 valence electrons. The minimum absolute atomic E-state index is 0.0817. The summed E-state index contributed by atoms with van der Waals surface area (Å²) in [6, 6.07) is 9.33. The van der Waals surface area contributed by atoms with Crippen LogP contribution in [0.4, 0.5) is 0 Å². The molecule has 0 spiro atoms. The zero-order chi connectivity index (χ0) is 13.0. The first-order valence-corrected chi connectivity index (χ1v) is 5.38. The summed E-state index contributed by atoms with van der Waals surface area (Å²) in [5.74, 6) is -0.0991. The summed E-state index contributed by atoms with van der Waals surface area (Å²) in [6.07, 6.45) is 0. The standard InChI is InChI=1S/C13H13NO4/c1-16-8-10-11(13(15)17-2)18-12(14-10)9-6-4-3-5-7-9/h3-7H,8H2,1-2H3. The van der Waals surface area contributed by atoms with Gasteiger partial charge < -0.3 is 13.9 Å². The second-order valence-corrected chi connectivity index (χ2v) is 3.59. The minimum atomic E-state index is -0.559. The smallest absolute Gasteiger partial charge is 0.376 e. The summed E-state index contributed by atoms with van der Waals surface area (Å²) in [5.41, 5.74) is 1.23. The number of oxazole rings is 1. The lowest BCUT2D eigenvalue weighted by Crippen LogP contribution is -2.04. The molecule has 0 aliphatic rings. The normalized spacial score (nSPS) is 10.3. The van der Waals surface area contributed by atoms with Crippen molar-refractivity contribution in [3.8, 4) is 11.5 Å². The van der Waals surface area contributed by atoms with Crippen molar-refractivity contribution in [2.45, 2.75) is 6.61 Å². The van der Waals surface area contributed by atoms with Gasteiger partial charge in [-0.25, -0.2) is 9.78 Å². The zero-order valence-corrected chi connectivity index (χ0v) is 10.2. The highest BCUT2D eigenvalue weighted by molar-refractivity contribution is 5.87. The lowest BCUT2D eigenvalue weighted by atomic mass is 10.2. The van der Waals surface area contributed by atoms with Crippen molar-refractivity contribution in [2.75, 3.05) is 14.2 Å². The molecule has 0 saturated carbocycles. The molecule has 2 aromatic rings. The van der Waals surface area contributed by atoms with E-state index in [1.54, 1.807) is 0 Å². The summed E-state index contributed by atoms with van der Waals surface area (Å²) in [5, 5.41) is 0. The molecule has 0 saturated heterocycles. The third-order valence-corrected chi connectivity index (χ3v) is 2.37. The van der Waals surface area contributed by atoms with E-state index in [4.69, 9.17) is 9.15 Å². The molecule has 0 aliphatic heterocycles. The average Bonchev–Trinajstić information content (AvgIpc) is 2.83. The van der Waals surface area contributed by atoms with Crippen molar-refractivity contribution >= 4 is 5.97 Å². The number of methoxy groups -OCH3 is 2. The van der Waals surface area contributed by atoms with Crippen LogP contribution in [0, 0.1) is 0 Å². The van der Waals surface area contributed by atoms with E-state index in [1.807, 2.05) is 30.3 Å². The van der Waals surface area contributed by atoms with Crippen LogP contribution >= 0.6 is 0 Å². The van der Waals surface area contributed by atoms with Crippen molar-refractivity contribution in [1.82, 2.24) is 4.98 Å². The largest absolute Gasteiger partial charge is 0.463 e. The van der Waals surface area contributed by atoms with Crippen molar-refractivity contribution in [3.63, 3.8) is 0 Å². The van der Waals surface area contributed by atoms with Crippen LogP contribution in [0.5, 0.6) is 0 Å². The Bertz CT molecular complexity index is 533. The molecule has 0 aliphatic carbocycles. The van der Waals surface area contributed by atoms with Gasteiger partial charge in [-0.2, -0.15) is 0 Å². The summed E-state index contributed by atoms with van der Waals surface area (Å²) in [6.45, 7) is 0.195. The van der Waals surface area contributed by atoms with Crippen molar-refractivity contribution in [3.05, 3.63) is 41.8 Å². The monoisotopic (exact) mass is 247 g/mol. The Balaban J connectivity index is 2.42. The van der Waals surface area contributed by atoms with Gasteiger partial charge in [0.2, 0.25) is 11.7 Å². The number of ether oxygens (including phenoxy) is 2. The number of esters is 1. The molecule has 1 aromatic carbocycles. The number of carbonyl (C=O) groups excluding carboxylic acids is 1. The number of carbonyl (C=O) groups is 1. The van der Waals surface area contributed by atoms with Crippen LogP contribution in [-0.4, -0.2) is 25.2 Å². The fraction of sp³-hybridized carbons (Fsp3) is 0.231. The average molecular weight is 247 g/mol. The molecule has 1 heterocycles. The molecule has 0 radical (unpaired) electrons. The highest BCUT2D eigenvalue weighted by Gasteiger charge is 2.21. The van der Waals surface area contributed by atoms with Crippen LogP contribution in [0.1, 0.15) is 16.2 Å². The lowest BCUT2D eigenvalue weighted by molar-refractivity contribution is 0.0559. The predicted molar refractivity (Wildman–Crippen MR) is 64.0 cm³/mol. The van der Waals surface area contributed by atoms with Crippen molar-refractivity contribution in [1.29, 1.82) is 0 Å². The highest BCUT2D eigenvalue weighted by Crippen LogP contribution is 2.22. The molecule has 0 bridgehead atoms. The fourth-order valence-electron chi connectivity index (χ4n) is 1.54. The van der Waals surface area contributed by atoms with Gasteiger partial charge in [-0.05, 0) is 12.1 Å². The number of nitrogens with zero attached hydrogens (tertiary/aromatic N) is 1. The first-order chi connectivity index (χ1) is 8.76. The molecule has 5 nitrogen and oxygen atoms in total. The van der Waals surface area contributed by atoms with E-state index in [1.165, 1.54) is 14.2 Å². The number of aromatic nitrogens is 1. The van der Waals surface area contributed by atoms with Crippen LogP contribution in [0.3, 0.4) is 0 Å². The first-order valence-electron chi connectivity index (χ1n) is 5.38. The Labute approximate surface area is 104 Å². The maximum Gasteiger partial charge on any atom is 0.376 e. The number of benzene rings is 1. The quantitative estimate of drug-likeness (QED) is 0.775. The second-order valence-electron chi connectivity index (χ2n) is 3.59. The fourth-order valence-corrected chi connectivity index (χ4v) is 1.54. The van der Waals surface area contributed by atoms with E-state index < -0.39 is 5.97 Å². The van der Waals surface area contributed by atoms with Gasteiger partial charge in [0.05, 0.1) is 13.7 Å². The maximum atomic E-state index is 11.5. The van der Waals surface area contributed by atoms with Crippen LogP contribution in [-0.2, 0) is 16.1 Å². The SMILES string of the molecule is COCc1nc(-c2ccccc2)oc1C(=O)OC. The van der Waals surface area contributed by atoms with Gasteiger partial charge >= 0.3 is 5.97 Å². The summed E-state index contributed by atoms with van der Waals surface area (Å²) >= 11 is 0. The molecule has 0 unspecified atom stereocenters. The first kappa shape index (κ1) is 12.3.